The number of nitrogens with zero attached hydrogens (tertiary/aromatic N) is 1. The molecule has 0 saturated carbocycles. The van der Waals surface area contributed by atoms with Crippen molar-refractivity contribution in [3.8, 4) is 5.75 Å². The lowest BCUT2D eigenvalue weighted by Crippen LogP contribution is -2.50. The van der Waals surface area contributed by atoms with Gasteiger partial charge in [-0.1, -0.05) is 55.8 Å². The normalized spacial score (nSPS) is 12.7. The van der Waals surface area contributed by atoms with E-state index in [-0.39, 0.29) is 17.9 Å². The van der Waals surface area contributed by atoms with E-state index in [1.807, 2.05) is 52.0 Å². The number of benzene rings is 2. The minimum absolute atomic E-state index is 0.0189. The number of methoxy groups -OCH3 is 1. The third-order valence-electron chi connectivity index (χ3n) is 5.62. The monoisotopic (exact) mass is 424 g/mol. The SMILES string of the molecule is CC[C@H](C)NC(=O)[C@H](CC)N(Cc1cccc(OC)c1)C(=O)CCc1ccc(C)cc1. The Morgan fingerprint density at radius 3 is 2.35 bits per heavy atom. The third-order valence-corrected chi connectivity index (χ3v) is 5.62. The van der Waals surface area contributed by atoms with Crippen LogP contribution in [0.5, 0.6) is 5.75 Å². The van der Waals surface area contributed by atoms with Gasteiger partial charge in [-0.05, 0) is 56.4 Å². The molecule has 0 bridgehead atoms. The van der Waals surface area contributed by atoms with Crippen LogP contribution in [0.4, 0.5) is 0 Å². The summed E-state index contributed by atoms with van der Waals surface area (Å²) in [5.74, 6) is 0.625. The fourth-order valence-electron chi connectivity index (χ4n) is 3.48. The molecule has 0 aliphatic heterocycles. The van der Waals surface area contributed by atoms with Crippen molar-refractivity contribution in [1.29, 1.82) is 0 Å². The summed E-state index contributed by atoms with van der Waals surface area (Å²) in [6.07, 6.45) is 2.42. The summed E-state index contributed by atoms with van der Waals surface area (Å²) in [4.78, 5) is 28.0. The molecule has 1 N–H and O–H groups in total. The summed E-state index contributed by atoms with van der Waals surface area (Å²) in [6, 6.07) is 15.5. The van der Waals surface area contributed by atoms with E-state index in [0.29, 0.717) is 25.8 Å². The van der Waals surface area contributed by atoms with Gasteiger partial charge in [0.2, 0.25) is 11.8 Å². The first-order chi connectivity index (χ1) is 14.9. The van der Waals surface area contributed by atoms with Gasteiger partial charge < -0.3 is 15.0 Å². The van der Waals surface area contributed by atoms with E-state index < -0.39 is 6.04 Å². The van der Waals surface area contributed by atoms with Gasteiger partial charge in [0.1, 0.15) is 11.8 Å². The van der Waals surface area contributed by atoms with Crippen LogP contribution >= 0.6 is 0 Å². The first-order valence-corrected chi connectivity index (χ1v) is 11.2. The van der Waals surface area contributed by atoms with Gasteiger partial charge in [-0.3, -0.25) is 9.59 Å². The summed E-state index contributed by atoms with van der Waals surface area (Å²) < 4.78 is 5.33. The minimum Gasteiger partial charge on any atom is -0.497 e. The van der Waals surface area contributed by atoms with Crippen LogP contribution in [0.15, 0.2) is 48.5 Å². The number of carbonyl (C=O) groups excluding carboxylic acids is 2. The number of nitrogens with one attached hydrogen (secondary N) is 1. The van der Waals surface area contributed by atoms with Crippen LogP contribution in [0.1, 0.15) is 56.7 Å². The zero-order valence-electron chi connectivity index (χ0n) is 19.5. The Morgan fingerprint density at radius 1 is 1.03 bits per heavy atom. The number of hydrogen-bond acceptors (Lipinski definition) is 3. The molecule has 0 fully saturated rings. The molecule has 0 radical (unpaired) electrons. The Hall–Kier alpha value is -2.82. The highest BCUT2D eigenvalue weighted by atomic mass is 16.5. The number of ether oxygens (including phenoxy) is 1. The third kappa shape index (κ3) is 7.42. The smallest absolute Gasteiger partial charge is 0.243 e. The lowest BCUT2D eigenvalue weighted by atomic mass is 10.0. The van der Waals surface area contributed by atoms with Gasteiger partial charge in [0.05, 0.1) is 7.11 Å². The quantitative estimate of drug-likeness (QED) is 0.571. The summed E-state index contributed by atoms with van der Waals surface area (Å²) in [7, 11) is 1.62. The molecule has 0 spiro atoms. The van der Waals surface area contributed by atoms with Crippen molar-refractivity contribution in [2.24, 2.45) is 0 Å². The molecule has 5 heteroatoms. The van der Waals surface area contributed by atoms with Crippen LogP contribution in [-0.4, -0.2) is 35.9 Å². The van der Waals surface area contributed by atoms with Crippen LogP contribution in [0.3, 0.4) is 0 Å². The first-order valence-electron chi connectivity index (χ1n) is 11.2. The van der Waals surface area contributed by atoms with E-state index in [1.165, 1.54) is 5.56 Å². The maximum absolute atomic E-state index is 13.3. The molecule has 2 aromatic carbocycles. The van der Waals surface area contributed by atoms with Gasteiger partial charge in [0.25, 0.3) is 0 Å². The molecule has 2 rings (SSSR count). The highest BCUT2D eigenvalue weighted by Crippen LogP contribution is 2.19. The summed E-state index contributed by atoms with van der Waals surface area (Å²) >= 11 is 0. The number of aryl methyl sites for hydroxylation is 2. The predicted octanol–water partition coefficient (Wildman–Crippen LogP) is 4.66. The van der Waals surface area contributed by atoms with Crippen molar-refractivity contribution in [3.05, 3.63) is 65.2 Å². The van der Waals surface area contributed by atoms with E-state index in [2.05, 4.69) is 29.6 Å². The van der Waals surface area contributed by atoms with Gasteiger partial charge in [0, 0.05) is 19.0 Å². The summed E-state index contributed by atoms with van der Waals surface area (Å²) in [6.45, 7) is 8.39. The standard InChI is InChI=1S/C26H36N2O3/c1-6-20(4)27-26(30)24(7-2)28(18-22-9-8-10-23(17-22)31-5)25(29)16-15-21-13-11-19(3)12-14-21/h8-14,17,20,24H,6-7,15-16,18H2,1-5H3,(H,27,30)/t20-,24-/m0/s1. The highest BCUT2D eigenvalue weighted by Gasteiger charge is 2.29. The van der Waals surface area contributed by atoms with Crippen molar-refractivity contribution >= 4 is 11.8 Å². The van der Waals surface area contributed by atoms with Crippen LogP contribution < -0.4 is 10.1 Å². The molecule has 0 heterocycles. The van der Waals surface area contributed by atoms with Gasteiger partial charge in [-0.15, -0.1) is 0 Å². The Labute approximate surface area is 186 Å². The molecule has 2 aromatic rings. The van der Waals surface area contributed by atoms with E-state index >= 15 is 0 Å². The Balaban J connectivity index is 2.22. The number of hydrogen-bond donors (Lipinski definition) is 1. The Bertz CT molecular complexity index is 848. The molecular weight excluding hydrogens is 388 g/mol. The maximum Gasteiger partial charge on any atom is 0.243 e. The molecule has 31 heavy (non-hydrogen) atoms. The molecule has 2 amide bonds. The Morgan fingerprint density at radius 2 is 1.74 bits per heavy atom. The van der Waals surface area contributed by atoms with Gasteiger partial charge in [0.15, 0.2) is 0 Å². The fourth-order valence-corrected chi connectivity index (χ4v) is 3.48. The minimum atomic E-state index is -0.509. The predicted molar refractivity (Wildman–Crippen MR) is 125 cm³/mol. The van der Waals surface area contributed by atoms with Gasteiger partial charge in [-0.2, -0.15) is 0 Å². The van der Waals surface area contributed by atoms with E-state index in [1.54, 1.807) is 12.0 Å². The average molecular weight is 425 g/mol. The summed E-state index contributed by atoms with van der Waals surface area (Å²) in [5.41, 5.74) is 3.26. The van der Waals surface area contributed by atoms with E-state index in [4.69, 9.17) is 4.74 Å². The van der Waals surface area contributed by atoms with Crippen LogP contribution in [0.25, 0.3) is 0 Å². The number of carbonyl (C=O) groups is 2. The van der Waals surface area contributed by atoms with Crippen molar-refractivity contribution in [3.63, 3.8) is 0 Å². The van der Waals surface area contributed by atoms with Gasteiger partial charge in [-0.25, -0.2) is 0 Å². The molecule has 0 aliphatic carbocycles. The zero-order valence-corrected chi connectivity index (χ0v) is 19.5. The summed E-state index contributed by atoms with van der Waals surface area (Å²) in [5, 5.41) is 3.05. The van der Waals surface area contributed by atoms with E-state index in [0.717, 1.165) is 23.3 Å². The molecular formula is C26H36N2O3. The lowest BCUT2D eigenvalue weighted by Gasteiger charge is -2.31. The molecule has 0 saturated heterocycles. The largest absolute Gasteiger partial charge is 0.497 e. The molecule has 2 atom stereocenters. The topological polar surface area (TPSA) is 58.6 Å². The second-order valence-corrected chi connectivity index (χ2v) is 8.10. The van der Waals surface area contributed by atoms with Crippen LogP contribution in [0.2, 0.25) is 0 Å². The maximum atomic E-state index is 13.3. The van der Waals surface area contributed by atoms with Crippen molar-refractivity contribution in [2.45, 2.75) is 72.0 Å². The zero-order chi connectivity index (χ0) is 22.8. The van der Waals surface area contributed by atoms with Crippen molar-refractivity contribution < 1.29 is 14.3 Å². The molecule has 0 aromatic heterocycles. The van der Waals surface area contributed by atoms with Crippen molar-refractivity contribution in [1.82, 2.24) is 10.2 Å². The average Bonchev–Trinajstić information content (AvgIpc) is 2.78. The first kappa shape index (κ1) is 24.4. The Kier molecular flexibility index (Phi) is 9.57. The van der Waals surface area contributed by atoms with E-state index in [9.17, 15) is 9.59 Å². The number of amides is 2. The fraction of sp³-hybridized carbons (Fsp3) is 0.462. The molecule has 5 nitrogen and oxygen atoms in total. The lowest BCUT2D eigenvalue weighted by molar-refractivity contribution is -0.141. The van der Waals surface area contributed by atoms with Crippen LogP contribution in [0, 0.1) is 6.92 Å². The molecule has 0 aliphatic rings. The second kappa shape index (κ2) is 12.1. The number of rotatable bonds is 11. The van der Waals surface area contributed by atoms with Crippen LogP contribution in [-0.2, 0) is 22.6 Å². The molecule has 0 unspecified atom stereocenters. The van der Waals surface area contributed by atoms with Gasteiger partial charge >= 0.3 is 0 Å². The second-order valence-electron chi connectivity index (χ2n) is 8.10. The van der Waals surface area contributed by atoms with Crippen molar-refractivity contribution in [2.75, 3.05) is 7.11 Å². The highest BCUT2D eigenvalue weighted by molar-refractivity contribution is 5.88. The molecule has 168 valence electrons.